The van der Waals surface area contributed by atoms with Gasteiger partial charge >= 0.3 is 0 Å². The largest absolute Gasteiger partial charge is 0.497 e. The van der Waals surface area contributed by atoms with Gasteiger partial charge in [0, 0.05) is 23.6 Å². The molecule has 0 spiro atoms. The second-order valence-electron chi connectivity index (χ2n) is 5.09. The van der Waals surface area contributed by atoms with Gasteiger partial charge in [-0.05, 0) is 48.5 Å². The van der Waals surface area contributed by atoms with Crippen molar-refractivity contribution >= 4 is 23.0 Å². The first-order chi connectivity index (χ1) is 11.8. The smallest absolute Gasteiger partial charge is 0.255 e. The first-order valence-corrected chi connectivity index (χ1v) is 7.48. The van der Waals surface area contributed by atoms with Gasteiger partial charge < -0.3 is 15.4 Å². The molecule has 1 heterocycles. The van der Waals surface area contributed by atoms with Gasteiger partial charge in [0.2, 0.25) is 0 Å². The van der Waals surface area contributed by atoms with Gasteiger partial charge in [0.25, 0.3) is 5.91 Å². The number of hydrogen-bond acceptors (Lipinski definition) is 4. The summed E-state index contributed by atoms with van der Waals surface area (Å²) in [6.07, 6.45) is 3.19. The van der Waals surface area contributed by atoms with Gasteiger partial charge in [-0.15, -0.1) is 0 Å². The minimum Gasteiger partial charge on any atom is -0.497 e. The van der Waals surface area contributed by atoms with Crippen molar-refractivity contribution in [2.75, 3.05) is 17.7 Å². The molecule has 1 aromatic heterocycles. The van der Waals surface area contributed by atoms with Crippen LogP contribution >= 0.6 is 0 Å². The molecule has 3 rings (SSSR count). The Morgan fingerprint density at radius 3 is 2.25 bits per heavy atom. The third kappa shape index (κ3) is 3.70. The fourth-order valence-corrected chi connectivity index (χ4v) is 2.23. The first-order valence-electron chi connectivity index (χ1n) is 7.48. The van der Waals surface area contributed by atoms with Crippen molar-refractivity contribution in [2.24, 2.45) is 0 Å². The van der Waals surface area contributed by atoms with Crippen LogP contribution in [0.4, 0.5) is 17.1 Å². The van der Waals surface area contributed by atoms with E-state index in [4.69, 9.17) is 4.74 Å². The fraction of sp³-hybridized carbons (Fsp3) is 0.0526. The number of nitrogens with one attached hydrogen (secondary N) is 2. The summed E-state index contributed by atoms with van der Waals surface area (Å²) in [4.78, 5) is 16.2. The number of pyridine rings is 1. The zero-order chi connectivity index (χ0) is 16.8. The molecule has 0 unspecified atom stereocenters. The number of amides is 1. The van der Waals surface area contributed by atoms with Crippen LogP contribution in [-0.4, -0.2) is 18.0 Å². The molecule has 0 atom stereocenters. The SMILES string of the molecule is COc1ccc(Nc2ccccc2NC(=O)c2ccncc2)cc1. The van der Waals surface area contributed by atoms with E-state index in [0.29, 0.717) is 11.3 Å². The quantitative estimate of drug-likeness (QED) is 0.743. The lowest BCUT2D eigenvalue weighted by Gasteiger charge is -2.13. The van der Waals surface area contributed by atoms with Gasteiger partial charge in [-0.1, -0.05) is 12.1 Å². The molecule has 1 amide bonds. The number of carbonyl (C=O) groups is 1. The fourth-order valence-electron chi connectivity index (χ4n) is 2.23. The Morgan fingerprint density at radius 2 is 1.58 bits per heavy atom. The third-order valence-electron chi connectivity index (χ3n) is 3.49. The van der Waals surface area contributed by atoms with Gasteiger partial charge in [-0.2, -0.15) is 0 Å². The number of hydrogen-bond donors (Lipinski definition) is 2. The maximum absolute atomic E-state index is 12.3. The standard InChI is InChI=1S/C19H17N3O2/c1-24-16-8-6-15(7-9-16)21-17-4-2-3-5-18(17)22-19(23)14-10-12-20-13-11-14/h2-13,21H,1H3,(H,22,23). The van der Waals surface area contributed by atoms with Crippen molar-refractivity contribution in [3.8, 4) is 5.75 Å². The molecule has 0 aliphatic heterocycles. The van der Waals surface area contributed by atoms with Crippen molar-refractivity contribution in [2.45, 2.75) is 0 Å². The monoisotopic (exact) mass is 319 g/mol. The zero-order valence-corrected chi connectivity index (χ0v) is 13.2. The van der Waals surface area contributed by atoms with Gasteiger partial charge in [0.15, 0.2) is 0 Å². The molecule has 3 aromatic rings. The Morgan fingerprint density at radius 1 is 0.917 bits per heavy atom. The lowest BCUT2D eigenvalue weighted by molar-refractivity contribution is 0.102. The highest BCUT2D eigenvalue weighted by Crippen LogP contribution is 2.26. The van der Waals surface area contributed by atoms with Crippen LogP contribution in [0, 0.1) is 0 Å². The van der Waals surface area contributed by atoms with Crippen molar-refractivity contribution in [1.82, 2.24) is 4.98 Å². The second kappa shape index (κ2) is 7.28. The lowest BCUT2D eigenvalue weighted by atomic mass is 10.2. The Bertz CT molecular complexity index is 818. The Balaban J connectivity index is 1.78. The van der Waals surface area contributed by atoms with Crippen LogP contribution in [-0.2, 0) is 0 Å². The molecule has 2 aromatic carbocycles. The highest BCUT2D eigenvalue weighted by Gasteiger charge is 2.09. The van der Waals surface area contributed by atoms with E-state index in [2.05, 4.69) is 15.6 Å². The molecule has 24 heavy (non-hydrogen) atoms. The van der Waals surface area contributed by atoms with E-state index in [9.17, 15) is 4.79 Å². The molecule has 0 aliphatic rings. The maximum atomic E-state index is 12.3. The van der Waals surface area contributed by atoms with E-state index in [-0.39, 0.29) is 5.91 Å². The first kappa shape index (κ1) is 15.6. The van der Waals surface area contributed by atoms with Gasteiger partial charge in [0.1, 0.15) is 5.75 Å². The van der Waals surface area contributed by atoms with Gasteiger partial charge in [-0.3, -0.25) is 9.78 Å². The normalized spacial score (nSPS) is 10.0. The molecule has 0 saturated carbocycles. The number of carbonyl (C=O) groups excluding carboxylic acids is 1. The third-order valence-corrected chi connectivity index (χ3v) is 3.49. The predicted octanol–water partition coefficient (Wildman–Crippen LogP) is 4.09. The van der Waals surface area contributed by atoms with Crippen molar-refractivity contribution < 1.29 is 9.53 Å². The zero-order valence-electron chi connectivity index (χ0n) is 13.2. The summed E-state index contributed by atoms with van der Waals surface area (Å²) in [6.45, 7) is 0. The van der Waals surface area contributed by atoms with E-state index in [1.165, 1.54) is 0 Å². The molecule has 0 aliphatic carbocycles. The van der Waals surface area contributed by atoms with E-state index in [0.717, 1.165) is 17.1 Å². The second-order valence-corrected chi connectivity index (χ2v) is 5.09. The number of ether oxygens (including phenoxy) is 1. The average molecular weight is 319 g/mol. The van der Waals surface area contributed by atoms with E-state index in [1.807, 2.05) is 48.5 Å². The maximum Gasteiger partial charge on any atom is 0.255 e. The lowest BCUT2D eigenvalue weighted by Crippen LogP contribution is -2.13. The van der Waals surface area contributed by atoms with Crippen molar-refractivity contribution in [3.63, 3.8) is 0 Å². The molecule has 0 bridgehead atoms. The van der Waals surface area contributed by atoms with Crippen molar-refractivity contribution in [3.05, 3.63) is 78.6 Å². The van der Waals surface area contributed by atoms with Crippen LogP contribution in [0.15, 0.2) is 73.1 Å². The Labute approximate surface area is 140 Å². The summed E-state index contributed by atoms with van der Waals surface area (Å²) in [6, 6.07) is 18.5. The van der Waals surface area contributed by atoms with Crippen molar-refractivity contribution in [1.29, 1.82) is 0 Å². The molecule has 2 N–H and O–H groups in total. The molecule has 5 nitrogen and oxygen atoms in total. The molecule has 0 fully saturated rings. The topological polar surface area (TPSA) is 63.2 Å². The molecular weight excluding hydrogens is 302 g/mol. The van der Waals surface area contributed by atoms with E-state index in [1.54, 1.807) is 31.6 Å². The number of benzene rings is 2. The molecule has 0 saturated heterocycles. The minimum absolute atomic E-state index is 0.179. The average Bonchev–Trinajstić information content (AvgIpc) is 2.64. The molecule has 0 radical (unpaired) electrons. The van der Waals surface area contributed by atoms with Crippen LogP contribution in [0.3, 0.4) is 0 Å². The summed E-state index contributed by atoms with van der Waals surface area (Å²) in [7, 11) is 1.63. The molecule has 5 heteroatoms. The summed E-state index contributed by atoms with van der Waals surface area (Å²) >= 11 is 0. The number of aromatic nitrogens is 1. The predicted molar refractivity (Wildman–Crippen MR) is 94.9 cm³/mol. The summed E-state index contributed by atoms with van der Waals surface area (Å²) in [5, 5.41) is 6.21. The van der Waals surface area contributed by atoms with E-state index >= 15 is 0 Å². The van der Waals surface area contributed by atoms with Crippen LogP contribution in [0.5, 0.6) is 5.75 Å². The number of methoxy groups -OCH3 is 1. The van der Waals surface area contributed by atoms with Gasteiger partial charge in [-0.25, -0.2) is 0 Å². The molecular formula is C19H17N3O2. The number of nitrogens with zero attached hydrogens (tertiary/aromatic N) is 1. The summed E-state index contributed by atoms with van der Waals surface area (Å²) in [5.74, 6) is 0.612. The Kier molecular flexibility index (Phi) is 4.72. The number of anilines is 3. The van der Waals surface area contributed by atoms with Crippen LogP contribution in [0.2, 0.25) is 0 Å². The van der Waals surface area contributed by atoms with Crippen LogP contribution < -0.4 is 15.4 Å². The highest BCUT2D eigenvalue weighted by atomic mass is 16.5. The van der Waals surface area contributed by atoms with Gasteiger partial charge in [0.05, 0.1) is 18.5 Å². The minimum atomic E-state index is -0.179. The summed E-state index contributed by atoms with van der Waals surface area (Å²) in [5.41, 5.74) is 2.98. The molecule has 120 valence electrons. The Hall–Kier alpha value is -3.34. The van der Waals surface area contributed by atoms with E-state index < -0.39 is 0 Å². The van der Waals surface area contributed by atoms with Crippen LogP contribution in [0.25, 0.3) is 0 Å². The van der Waals surface area contributed by atoms with Crippen LogP contribution in [0.1, 0.15) is 10.4 Å². The number of para-hydroxylation sites is 2. The number of rotatable bonds is 5. The highest BCUT2D eigenvalue weighted by molar-refractivity contribution is 6.06. The summed E-state index contributed by atoms with van der Waals surface area (Å²) < 4.78 is 5.15.